The molecule has 3 aromatic rings. The summed E-state index contributed by atoms with van der Waals surface area (Å²) in [5.74, 6) is 0.374. The van der Waals surface area contributed by atoms with Crippen molar-refractivity contribution in [2.24, 2.45) is 5.92 Å². The molecule has 2 N–H and O–H groups in total. The Balaban J connectivity index is 1.59. The summed E-state index contributed by atoms with van der Waals surface area (Å²) in [6, 6.07) is 10.2. The van der Waals surface area contributed by atoms with E-state index in [1.807, 2.05) is 12.3 Å². The molecule has 0 saturated heterocycles. The first-order valence-corrected chi connectivity index (χ1v) is 11.7. The lowest BCUT2D eigenvalue weighted by atomic mass is 9.81. The fourth-order valence-corrected chi connectivity index (χ4v) is 4.45. The highest BCUT2D eigenvalue weighted by molar-refractivity contribution is 6.03. The van der Waals surface area contributed by atoms with Gasteiger partial charge in [0, 0.05) is 23.4 Å². The summed E-state index contributed by atoms with van der Waals surface area (Å²) in [5.41, 5.74) is -0.440. The number of amides is 1. The molecule has 0 radical (unpaired) electrons. The molecule has 1 aromatic carbocycles. The molecule has 0 aliphatic heterocycles. The number of rotatable bonds is 5. The molecule has 1 saturated carbocycles. The average Bonchev–Trinajstić information content (AvgIpc) is 3.29. The van der Waals surface area contributed by atoms with Crippen LogP contribution in [0, 0.1) is 5.92 Å². The molecule has 0 spiro atoms. The van der Waals surface area contributed by atoms with E-state index in [-0.39, 0.29) is 11.4 Å². The standard InChI is InChI=1S/C26H29F3N4O2/c1-16-7-9-17(10-8-16)20-13-14-33(32-20)18-11-12-21(19(15-18)25(2,3)35)31-24(34)22-5-4-6-23(30-22)26(27,28)29/h4-6,11-17,35H,7-10H2,1-3H3,(H,31,34). The first-order valence-electron chi connectivity index (χ1n) is 11.7. The summed E-state index contributed by atoms with van der Waals surface area (Å²) < 4.78 is 40.7. The Labute approximate surface area is 202 Å². The van der Waals surface area contributed by atoms with Gasteiger partial charge in [-0.1, -0.05) is 25.8 Å². The van der Waals surface area contributed by atoms with Crippen molar-refractivity contribution in [3.63, 3.8) is 0 Å². The van der Waals surface area contributed by atoms with Gasteiger partial charge in [0.05, 0.1) is 17.0 Å². The van der Waals surface area contributed by atoms with E-state index >= 15 is 0 Å². The lowest BCUT2D eigenvalue weighted by Gasteiger charge is -2.24. The average molecular weight is 487 g/mol. The Hall–Kier alpha value is -3.20. The van der Waals surface area contributed by atoms with Crippen LogP contribution in [0.3, 0.4) is 0 Å². The molecule has 9 heteroatoms. The third-order valence-corrected chi connectivity index (χ3v) is 6.49. The van der Waals surface area contributed by atoms with Gasteiger partial charge in [0.1, 0.15) is 11.4 Å². The van der Waals surface area contributed by atoms with E-state index in [0.29, 0.717) is 17.2 Å². The number of halogens is 3. The van der Waals surface area contributed by atoms with Crippen LogP contribution < -0.4 is 5.32 Å². The molecule has 1 aliphatic rings. The Bertz CT molecular complexity index is 1210. The Kier molecular flexibility index (Phi) is 6.73. The molecule has 0 bridgehead atoms. The number of alkyl halides is 3. The first-order chi connectivity index (χ1) is 16.4. The quantitative estimate of drug-likeness (QED) is 0.459. The molecule has 4 rings (SSSR count). The molecule has 1 fully saturated rings. The van der Waals surface area contributed by atoms with Gasteiger partial charge >= 0.3 is 6.18 Å². The number of aromatic nitrogens is 3. The minimum absolute atomic E-state index is 0.277. The third kappa shape index (κ3) is 5.73. The van der Waals surface area contributed by atoms with Crippen molar-refractivity contribution >= 4 is 11.6 Å². The summed E-state index contributed by atoms with van der Waals surface area (Å²) in [6.07, 6.45) is 1.82. The molecule has 1 amide bonds. The maximum Gasteiger partial charge on any atom is 0.433 e. The van der Waals surface area contributed by atoms with Crippen LogP contribution in [0.2, 0.25) is 0 Å². The summed E-state index contributed by atoms with van der Waals surface area (Å²) in [5, 5.41) is 18.1. The number of pyridine rings is 1. The Morgan fingerprint density at radius 3 is 2.46 bits per heavy atom. The van der Waals surface area contributed by atoms with Crippen LogP contribution in [0.5, 0.6) is 0 Å². The van der Waals surface area contributed by atoms with E-state index in [2.05, 4.69) is 17.2 Å². The van der Waals surface area contributed by atoms with E-state index in [4.69, 9.17) is 5.10 Å². The van der Waals surface area contributed by atoms with Gasteiger partial charge in [-0.3, -0.25) is 4.79 Å². The fourth-order valence-electron chi connectivity index (χ4n) is 4.45. The largest absolute Gasteiger partial charge is 0.433 e. The number of nitrogens with one attached hydrogen (secondary N) is 1. The number of anilines is 1. The van der Waals surface area contributed by atoms with Crippen molar-refractivity contribution in [1.29, 1.82) is 0 Å². The van der Waals surface area contributed by atoms with Crippen molar-refractivity contribution in [3.05, 3.63) is 71.3 Å². The van der Waals surface area contributed by atoms with E-state index in [1.54, 1.807) is 36.7 Å². The predicted molar refractivity (Wildman–Crippen MR) is 126 cm³/mol. The molecule has 35 heavy (non-hydrogen) atoms. The van der Waals surface area contributed by atoms with Crippen molar-refractivity contribution in [2.75, 3.05) is 5.32 Å². The number of hydrogen-bond donors (Lipinski definition) is 2. The van der Waals surface area contributed by atoms with Crippen molar-refractivity contribution in [3.8, 4) is 5.69 Å². The Morgan fingerprint density at radius 1 is 1.09 bits per heavy atom. The topological polar surface area (TPSA) is 80.0 Å². The summed E-state index contributed by atoms with van der Waals surface area (Å²) >= 11 is 0. The maximum atomic E-state index is 13.0. The van der Waals surface area contributed by atoms with Gasteiger partial charge in [-0.2, -0.15) is 18.3 Å². The Morgan fingerprint density at radius 2 is 1.80 bits per heavy atom. The van der Waals surface area contributed by atoms with Gasteiger partial charge in [-0.05, 0) is 69.0 Å². The van der Waals surface area contributed by atoms with E-state index in [9.17, 15) is 23.1 Å². The lowest BCUT2D eigenvalue weighted by Crippen LogP contribution is -2.22. The van der Waals surface area contributed by atoms with Crippen LogP contribution in [0.25, 0.3) is 5.69 Å². The number of hydrogen-bond acceptors (Lipinski definition) is 4. The maximum absolute atomic E-state index is 13.0. The second-order valence-electron chi connectivity index (χ2n) is 9.79. The monoisotopic (exact) mass is 486 g/mol. The van der Waals surface area contributed by atoms with Crippen LogP contribution in [0.15, 0.2) is 48.7 Å². The smallest absolute Gasteiger partial charge is 0.386 e. The summed E-state index contributed by atoms with van der Waals surface area (Å²) in [4.78, 5) is 16.1. The molecule has 0 unspecified atom stereocenters. The zero-order valence-corrected chi connectivity index (χ0v) is 19.9. The fraction of sp³-hybridized carbons (Fsp3) is 0.423. The number of carbonyl (C=O) groups is 1. The molecule has 186 valence electrons. The highest BCUT2D eigenvalue weighted by Crippen LogP contribution is 2.35. The number of aliphatic hydroxyl groups is 1. The zero-order chi connectivity index (χ0) is 25.4. The molecular formula is C26H29F3N4O2. The molecule has 2 aromatic heterocycles. The number of carbonyl (C=O) groups excluding carboxylic acids is 1. The molecule has 0 atom stereocenters. The zero-order valence-electron chi connectivity index (χ0n) is 19.9. The SMILES string of the molecule is CC1CCC(c2ccn(-c3ccc(NC(=O)c4cccc(C(F)(F)F)n4)c(C(C)(C)O)c3)n2)CC1. The van der Waals surface area contributed by atoms with Gasteiger partial charge < -0.3 is 10.4 Å². The summed E-state index contributed by atoms with van der Waals surface area (Å²) in [6.45, 7) is 5.42. The lowest BCUT2D eigenvalue weighted by molar-refractivity contribution is -0.141. The molecule has 1 aliphatic carbocycles. The van der Waals surface area contributed by atoms with Gasteiger partial charge in [0.15, 0.2) is 0 Å². The van der Waals surface area contributed by atoms with Gasteiger partial charge in [0.25, 0.3) is 5.91 Å². The number of benzene rings is 1. The highest BCUT2D eigenvalue weighted by Gasteiger charge is 2.33. The van der Waals surface area contributed by atoms with E-state index in [1.165, 1.54) is 18.9 Å². The van der Waals surface area contributed by atoms with Crippen LogP contribution in [-0.4, -0.2) is 25.8 Å². The molecular weight excluding hydrogens is 457 g/mol. The van der Waals surface area contributed by atoms with Crippen LogP contribution in [-0.2, 0) is 11.8 Å². The van der Waals surface area contributed by atoms with E-state index < -0.39 is 23.4 Å². The normalized spacial score (nSPS) is 18.9. The minimum atomic E-state index is -4.66. The van der Waals surface area contributed by atoms with Gasteiger partial charge in [0.2, 0.25) is 0 Å². The second kappa shape index (κ2) is 9.45. The van der Waals surface area contributed by atoms with Crippen molar-refractivity contribution < 1.29 is 23.1 Å². The van der Waals surface area contributed by atoms with Crippen molar-refractivity contribution in [1.82, 2.24) is 14.8 Å². The molecule has 6 nitrogen and oxygen atoms in total. The van der Waals surface area contributed by atoms with Crippen molar-refractivity contribution in [2.45, 2.75) is 64.1 Å². The van der Waals surface area contributed by atoms with E-state index in [0.717, 1.165) is 36.6 Å². The van der Waals surface area contributed by atoms with Crippen LogP contribution in [0.1, 0.15) is 79.8 Å². The first kappa shape index (κ1) is 24.9. The van der Waals surface area contributed by atoms with Gasteiger partial charge in [-0.25, -0.2) is 9.67 Å². The van der Waals surface area contributed by atoms with Crippen LogP contribution >= 0.6 is 0 Å². The predicted octanol–water partition coefficient (Wildman–Crippen LogP) is 6.06. The van der Waals surface area contributed by atoms with Crippen LogP contribution in [0.4, 0.5) is 18.9 Å². The highest BCUT2D eigenvalue weighted by atomic mass is 19.4. The minimum Gasteiger partial charge on any atom is -0.386 e. The van der Waals surface area contributed by atoms with Gasteiger partial charge in [-0.15, -0.1) is 0 Å². The molecule has 2 heterocycles. The third-order valence-electron chi connectivity index (χ3n) is 6.49. The summed E-state index contributed by atoms with van der Waals surface area (Å²) in [7, 11) is 0. The second-order valence-corrected chi connectivity index (χ2v) is 9.79. The number of nitrogens with zero attached hydrogens (tertiary/aromatic N) is 3.